The van der Waals surface area contributed by atoms with Crippen molar-refractivity contribution in [2.75, 3.05) is 0 Å². The number of furan rings is 1. The SMILES string of the molecule is CC(Oc1ccccc1)C(=O)NCc1ccco1. The second-order valence-corrected chi connectivity index (χ2v) is 3.87. The monoisotopic (exact) mass is 245 g/mol. The predicted octanol–water partition coefficient (Wildman–Crippen LogP) is 2.36. The smallest absolute Gasteiger partial charge is 0.261 e. The van der Waals surface area contributed by atoms with Crippen LogP contribution >= 0.6 is 0 Å². The molecular formula is C14H15NO3. The number of nitrogens with one attached hydrogen (secondary N) is 1. The van der Waals surface area contributed by atoms with Crippen molar-refractivity contribution in [1.29, 1.82) is 0 Å². The predicted molar refractivity (Wildman–Crippen MR) is 67.1 cm³/mol. The maximum absolute atomic E-state index is 11.8. The van der Waals surface area contributed by atoms with E-state index in [1.807, 2.05) is 36.4 Å². The number of ether oxygens (including phenoxy) is 1. The zero-order valence-corrected chi connectivity index (χ0v) is 10.1. The van der Waals surface area contributed by atoms with Gasteiger partial charge in [0.1, 0.15) is 11.5 Å². The van der Waals surface area contributed by atoms with Crippen LogP contribution in [0.4, 0.5) is 0 Å². The summed E-state index contributed by atoms with van der Waals surface area (Å²) in [5.74, 6) is 1.23. The quantitative estimate of drug-likeness (QED) is 0.879. The molecule has 0 aliphatic carbocycles. The third-order valence-corrected chi connectivity index (χ3v) is 2.44. The van der Waals surface area contributed by atoms with E-state index < -0.39 is 6.10 Å². The van der Waals surface area contributed by atoms with E-state index in [4.69, 9.17) is 9.15 Å². The fraction of sp³-hybridized carbons (Fsp3) is 0.214. The second kappa shape index (κ2) is 5.91. The number of hydrogen-bond donors (Lipinski definition) is 1. The summed E-state index contributed by atoms with van der Waals surface area (Å²) < 4.78 is 10.6. The first kappa shape index (κ1) is 12.2. The van der Waals surface area contributed by atoms with Gasteiger partial charge in [0.25, 0.3) is 5.91 Å². The maximum atomic E-state index is 11.8. The maximum Gasteiger partial charge on any atom is 0.261 e. The van der Waals surface area contributed by atoms with Crippen LogP contribution in [-0.2, 0) is 11.3 Å². The van der Waals surface area contributed by atoms with E-state index in [-0.39, 0.29) is 5.91 Å². The van der Waals surface area contributed by atoms with Gasteiger partial charge in [0, 0.05) is 0 Å². The number of hydrogen-bond acceptors (Lipinski definition) is 3. The number of rotatable bonds is 5. The standard InChI is InChI=1S/C14H15NO3/c1-11(18-12-6-3-2-4-7-12)14(16)15-10-13-8-5-9-17-13/h2-9,11H,10H2,1H3,(H,15,16). The Labute approximate surface area is 106 Å². The molecule has 0 spiro atoms. The minimum absolute atomic E-state index is 0.171. The highest BCUT2D eigenvalue weighted by atomic mass is 16.5. The van der Waals surface area contributed by atoms with Crippen LogP contribution in [-0.4, -0.2) is 12.0 Å². The summed E-state index contributed by atoms with van der Waals surface area (Å²) in [6.07, 6.45) is 1.04. The average molecular weight is 245 g/mol. The van der Waals surface area contributed by atoms with Crippen LogP contribution in [0.2, 0.25) is 0 Å². The lowest BCUT2D eigenvalue weighted by molar-refractivity contribution is -0.127. The number of benzene rings is 1. The molecule has 2 rings (SSSR count). The van der Waals surface area contributed by atoms with Crippen molar-refractivity contribution in [3.8, 4) is 5.75 Å². The fourth-order valence-corrected chi connectivity index (χ4v) is 1.49. The molecule has 4 heteroatoms. The molecule has 0 aliphatic heterocycles. The molecule has 1 N–H and O–H groups in total. The first-order chi connectivity index (χ1) is 8.75. The van der Waals surface area contributed by atoms with Crippen molar-refractivity contribution in [1.82, 2.24) is 5.32 Å². The van der Waals surface area contributed by atoms with Crippen LogP contribution < -0.4 is 10.1 Å². The molecule has 1 unspecified atom stereocenters. The highest BCUT2D eigenvalue weighted by molar-refractivity contribution is 5.80. The molecule has 0 fully saturated rings. The van der Waals surface area contributed by atoms with Gasteiger partial charge in [0.2, 0.25) is 0 Å². The average Bonchev–Trinajstić information content (AvgIpc) is 2.90. The highest BCUT2D eigenvalue weighted by Gasteiger charge is 2.14. The van der Waals surface area contributed by atoms with Crippen LogP contribution in [0.25, 0.3) is 0 Å². The summed E-state index contributed by atoms with van der Waals surface area (Å²) >= 11 is 0. The van der Waals surface area contributed by atoms with Crippen LogP contribution in [0, 0.1) is 0 Å². The van der Waals surface area contributed by atoms with E-state index in [9.17, 15) is 4.79 Å². The second-order valence-electron chi connectivity index (χ2n) is 3.87. The van der Waals surface area contributed by atoms with Gasteiger partial charge in [-0.05, 0) is 31.2 Å². The van der Waals surface area contributed by atoms with Gasteiger partial charge < -0.3 is 14.5 Å². The van der Waals surface area contributed by atoms with Gasteiger partial charge in [-0.1, -0.05) is 18.2 Å². The zero-order valence-electron chi connectivity index (χ0n) is 10.1. The van der Waals surface area contributed by atoms with Gasteiger partial charge in [0.05, 0.1) is 12.8 Å². The zero-order chi connectivity index (χ0) is 12.8. The van der Waals surface area contributed by atoms with Crippen molar-refractivity contribution >= 4 is 5.91 Å². The molecule has 0 bridgehead atoms. The van der Waals surface area contributed by atoms with E-state index >= 15 is 0 Å². The Hall–Kier alpha value is -2.23. The van der Waals surface area contributed by atoms with E-state index in [1.54, 1.807) is 19.3 Å². The lowest BCUT2D eigenvalue weighted by atomic mass is 10.3. The van der Waals surface area contributed by atoms with Crippen molar-refractivity contribution < 1.29 is 13.9 Å². The molecule has 0 aliphatic rings. The number of carbonyl (C=O) groups excluding carboxylic acids is 1. The summed E-state index contributed by atoms with van der Waals surface area (Å²) in [5.41, 5.74) is 0. The molecule has 1 aromatic heterocycles. The number of amides is 1. The van der Waals surface area contributed by atoms with Gasteiger partial charge in [-0.3, -0.25) is 4.79 Å². The summed E-state index contributed by atoms with van der Waals surface area (Å²) in [6, 6.07) is 12.8. The Balaban J connectivity index is 1.82. The van der Waals surface area contributed by atoms with Gasteiger partial charge in [-0.15, -0.1) is 0 Å². The Bertz CT molecular complexity index is 479. The fourth-order valence-electron chi connectivity index (χ4n) is 1.49. The van der Waals surface area contributed by atoms with Crippen molar-refractivity contribution in [3.63, 3.8) is 0 Å². The molecule has 1 aromatic carbocycles. The lowest BCUT2D eigenvalue weighted by Crippen LogP contribution is -2.35. The van der Waals surface area contributed by atoms with Gasteiger partial charge in [-0.25, -0.2) is 0 Å². The minimum atomic E-state index is -0.539. The molecule has 1 atom stereocenters. The Morgan fingerprint density at radius 3 is 2.72 bits per heavy atom. The lowest BCUT2D eigenvalue weighted by Gasteiger charge is -2.14. The topological polar surface area (TPSA) is 51.5 Å². The molecule has 0 saturated carbocycles. The van der Waals surface area contributed by atoms with E-state index in [0.717, 1.165) is 5.76 Å². The molecule has 1 heterocycles. The summed E-state index contributed by atoms with van der Waals surface area (Å²) in [4.78, 5) is 11.8. The summed E-state index contributed by atoms with van der Waals surface area (Å²) in [5, 5.41) is 2.75. The molecular weight excluding hydrogens is 230 g/mol. The van der Waals surface area contributed by atoms with Gasteiger partial charge in [0.15, 0.2) is 6.10 Å². The normalized spacial score (nSPS) is 11.8. The van der Waals surface area contributed by atoms with E-state index in [2.05, 4.69) is 5.32 Å². The molecule has 0 radical (unpaired) electrons. The minimum Gasteiger partial charge on any atom is -0.481 e. The van der Waals surface area contributed by atoms with Crippen LogP contribution in [0.1, 0.15) is 12.7 Å². The van der Waals surface area contributed by atoms with E-state index in [1.165, 1.54) is 0 Å². The Kier molecular flexibility index (Phi) is 4.02. The third-order valence-electron chi connectivity index (χ3n) is 2.44. The number of para-hydroxylation sites is 1. The van der Waals surface area contributed by atoms with Gasteiger partial charge >= 0.3 is 0 Å². The largest absolute Gasteiger partial charge is 0.481 e. The van der Waals surface area contributed by atoms with Gasteiger partial charge in [-0.2, -0.15) is 0 Å². The summed E-state index contributed by atoms with van der Waals surface area (Å²) in [7, 11) is 0. The van der Waals surface area contributed by atoms with Crippen molar-refractivity contribution in [2.45, 2.75) is 19.6 Å². The van der Waals surface area contributed by atoms with Crippen molar-refractivity contribution in [3.05, 3.63) is 54.5 Å². The Morgan fingerprint density at radius 2 is 2.06 bits per heavy atom. The Morgan fingerprint density at radius 1 is 1.28 bits per heavy atom. The highest BCUT2D eigenvalue weighted by Crippen LogP contribution is 2.10. The molecule has 2 aromatic rings. The molecule has 0 saturated heterocycles. The molecule has 1 amide bonds. The molecule has 4 nitrogen and oxygen atoms in total. The van der Waals surface area contributed by atoms with E-state index in [0.29, 0.717) is 12.3 Å². The molecule has 18 heavy (non-hydrogen) atoms. The first-order valence-electron chi connectivity index (χ1n) is 5.77. The first-order valence-corrected chi connectivity index (χ1v) is 5.77. The summed E-state index contributed by atoms with van der Waals surface area (Å²) in [6.45, 7) is 2.08. The van der Waals surface area contributed by atoms with Crippen LogP contribution in [0.3, 0.4) is 0 Å². The van der Waals surface area contributed by atoms with Crippen LogP contribution in [0.15, 0.2) is 53.1 Å². The van der Waals surface area contributed by atoms with Crippen LogP contribution in [0.5, 0.6) is 5.75 Å². The number of carbonyl (C=O) groups is 1. The molecule has 94 valence electrons. The third kappa shape index (κ3) is 3.38. The van der Waals surface area contributed by atoms with Crippen molar-refractivity contribution in [2.24, 2.45) is 0 Å².